The maximum Gasteiger partial charge on any atom is 0.0904 e. The van der Waals surface area contributed by atoms with E-state index in [9.17, 15) is 0 Å². The number of likely N-dealkylation sites (N-methyl/N-ethyl adjacent to an activating group) is 1. The van der Waals surface area contributed by atoms with Gasteiger partial charge in [-0.05, 0) is 41.9 Å². The molecule has 2 aliphatic rings. The molecule has 2 heterocycles. The second-order valence-electron chi connectivity index (χ2n) is 5.05. The average molecular weight is 331 g/mol. The first kappa shape index (κ1) is 13.1. The summed E-state index contributed by atoms with van der Waals surface area (Å²) in [6.07, 6.45) is 2.99. The fraction of sp³-hybridized carbons (Fsp3) is 0.692. The summed E-state index contributed by atoms with van der Waals surface area (Å²) in [4.78, 5) is 4.08. The Morgan fingerprint density at radius 2 is 2.39 bits per heavy atom. The van der Waals surface area contributed by atoms with Crippen LogP contribution >= 0.6 is 27.3 Å². The molecular weight excluding hydrogens is 312 g/mol. The number of hydrogen-bond acceptors (Lipinski definition) is 4. The molecule has 100 valence electrons. The molecule has 18 heavy (non-hydrogen) atoms. The summed E-state index contributed by atoms with van der Waals surface area (Å²) in [5.41, 5.74) is 0. The van der Waals surface area contributed by atoms with Crippen molar-refractivity contribution in [2.24, 2.45) is 0 Å². The van der Waals surface area contributed by atoms with Crippen molar-refractivity contribution >= 4 is 27.3 Å². The average Bonchev–Trinajstić information content (AvgIpc) is 3.12. The van der Waals surface area contributed by atoms with Crippen LogP contribution in [0.1, 0.15) is 23.8 Å². The van der Waals surface area contributed by atoms with E-state index in [0.29, 0.717) is 6.04 Å². The lowest BCUT2D eigenvalue weighted by Gasteiger charge is -2.41. The number of hydrogen-bond donors (Lipinski definition) is 1. The molecule has 3 nitrogen and oxygen atoms in total. The van der Waals surface area contributed by atoms with E-state index in [0.717, 1.165) is 25.7 Å². The van der Waals surface area contributed by atoms with Crippen molar-refractivity contribution in [3.63, 3.8) is 0 Å². The van der Waals surface area contributed by atoms with Gasteiger partial charge in [-0.2, -0.15) is 0 Å². The fourth-order valence-electron chi connectivity index (χ4n) is 2.77. The lowest BCUT2D eigenvalue weighted by molar-refractivity contribution is -0.0728. The monoisotopic (exact) mass is 330 g/mol. The third-order valence-corrected chi connectivity index (χ3v) is 5.46. The Morgan fingerprint density at radius 3 is 3.00 bits per heavy atom. The first-order valence-electron chi connectivity index (χ1n) is 6.55. The van der Waals surface area contributed by atoms with Crippen molar-refractivity contribution in [3.8, 4) is 0 Å². The Morgan fingerprint density at radius 1 is 1.56 bits per heavy atom. The van der Waals surface area contributed by atoms with Crippen LogP contribution in [0.5, 0.6) is 0 Å². The van der Waals surface area contributed by atoms with Crippen molar-refractivity contribution in [3.05, 3.63) is 20.8 Å². The molecule has 2 unspecified atom stereocenters. The topological polar surface area (TPSA) is 24.5 Å². The molecular formula is C13H19BrN2OS. The lowest BCUT2D eigenvalue weighted by atomic mass is 10.0. The Hall–Kier alpha value is 0.0600. The molecule has 0 bridgehead atoms. The predicted molar refractivity (Wildman–Crippen MR) is 78.2 cm³/mol. The van der Waals surface area contributed by atoms with Crippen molar-refractivity contribution in [1.29, 1.82) is 0 Å². The number of nitrogens with one attached hydrogen (secondary N) is 1. The van der Waals surface area contributed by atoms with Crippen LogP contribution < -0.4 is 5.32 Å². The minimum absolute atomic E-state index is 0.273. The highest BCUT2D eigenvalue weighted by Gasteiger charge is 2.41. The highest BCUT2D eigenvalue weighted by Crippen LogP contribution is 2.41. The van der Waals surface area contributed by atoms with E-state index in [1.54, 1.807) is 0 Å². The van der Waals surface area contributed by atoms with E-state index in [1.165, 1.54) is 22.2 Å². The molecule has 0 radical (unpaired) electrons. The summed E-state index contributed by atoms with van der Waals surface area (Å²) in [6.45, 7) is 2.86. The Balaban J connectivity index is 1.85. The van der Waals surface area contributed by atoms with Gasteiger partial charge in [0.2, 0.25) is 0 Å². The first-order chi connectivity index (χ1) is 8.79. The molecule has 1 saturated carbocycles. The molecule has 5 heteroatoms. The summed E-state index contributed by atoms with van der Waals surface area (Å²) in [5, 5.41) is 5.44. The number of nitrogens with zero attached hydrogens (tertiary/aromatic N) is 1. The zero-order valence-electron chi connectivity index (χ0n) is 10.6. The minimum Gasteiger partial charge on any atom is -0.374 e. The maximum atomic E-state index is 5.99. The van der Waals surface area contributed by atoms with Gasteiger partial charge in [-0.15, -0.1) is 11.3 Å². The Bertz CT molecular complexity index is 405. The van der Waals surface area contributed by atoms with Crippen molar-refractivity contribution in [1.82, 2.24) is 10.2 Å². The smallest absolute Gasteiger partial charge is 0.0904 e. The Kier molecular flexibility index (Phi) is 4.06. The molecule has 1 aromatic heterocycles. The second-order valence-corrected chi connectivity index (χ2v) is 6.91. The Labute approximate surface area is 121 Å². The standard InChI is InChI=1S/C13H19BrN2OS/c1-15-7-11-13(12-6-9(14)8-18-12)16(4-5-17-11)10-2-3-10/h6,8,10-11,13,15H,2-5,7H2,1H3. The molecule has 1 aromatic rings. The molecule has 1 N–H and O–H groups in total. The number of morpholine rings is 1. The fourth-order valence-corrected chi connectivity index (χ4v) is 4.39. The molecule has 3 rings (SSSR count). The van der Waals surface area contributed by atoms with Gasteiger partial charge in [0, 0.05) is 33.9 Å². The van der Waals surface area contributed by atoms with E-state index < -0.39 is 0 Å². The van der Waals surface area contributed by atoms with E-state index >= 15 is 0 Å². The summed E-state index contributed by atoms with van der Waals surface area (Å²) < 4.78 is 7.18. The zero-order valence-corrected chi connectivity index (χ0v) is 13.0. The van der Waals surface area contributed by atoms with Gasteiger partial charge in [0.05, 0.1) is 18.8 Å². The quantitative estimate of drug-likeness (QED) is 0.918. The van der Waals surface area contributed by atoms with E-state index in [-0.39, 0.29) is 6.10 Å². The van der Waals surface area contributed by atoms with Crippen molar-refractivity contribution in [2.45, 2.75) is 31.0 Å². The minimum atomic E-state index is 0.273. The van der Waals surface area contributed by atoms with Crippen LogP contribution in [0.4, 0.5) is 0 Å². The van der Waals surface area contributed by atoms with Crippen LogP contribution in [-0.2, 0) is 4.74 Å². The molecule has 2 atom stereocenters. The van der Waals surface area contributed by atoms with Gasteiger partial charge in [0.15, 0.2) is 0 Å². The molecule has 2 fully saturated rings. The van der Waals surface area contributed by atoms with Crippen LogP contribution in [0.2, 0.25) is 0 Å². The molecule has 0 aromatic carbocycles. The van der Waals surface area contributed by atoms with E-state index in [1.807, 2.05) is 18.4 Å². The summed E-state index contributed by atoms with van der Waals surface area (Å²) in [7, 11) is 2.00. The van der Waals surface area contributed by atoms with Crippen LogP contribution in [0.25, 0.3) is 0 Å². The highest BCUT2D eigenvalue weighted by molar-refractivity contribution is 9.10. The van der Waals surface area contributed by atoms with Gasteiger partial charge in [-0.25, -0.2) is 0 Å². The number of ether oxygens (including phenoxy) is 1. The van der Waals surface area contributed by atoms with Gasteiger partial charge in [-0.3, -0.25) is 4.90 Å². The van der Waals surface area contributed by atoms with E-state index in [4.69, 9.17) is 4.74 Å². The van der Waals surface area contributed by atoms with Gasteiger partial charge in [0.1, 0.15) is 0 Å². The molecule has 1 saturated heterocycles. The van der Waals surface area contributed by atoms with Crippen molar-refractivity contribution < 1.29 is 4.74 Å². The van der Waals surface area contributed by atoms with Crippen LogP contribution in [0.3, 0.4) is 0 Å². The second kappa shape index (κ2) is 5.59. The van der Waals surface area contributed by atoms with E-state index in [2.05, 4.69) is 37.6 Å². The number of rotatable bonds is 4. The number of thiophene rings is 1. The summed E-state index contributed by atoms with van der Waals surface area (Å²) in [5.74, 6) is 0. The van der Waals surface area contributed by atoms with Crippen molar-refractivity contribution in [2.75, 3.05) is 26.7 Å². The molecule has 1 aliphatic heterocycles. The van der Waals surface area contributed by atoms with Gasteiger partial charge in [0.25, 0.3) is 0 Å². The van der Waals surface area contributed by atoms with Gasteiger partial charge in [-0.1, -0.05) is 0 Å². The van der Waals surface area contributed by atoms with Gasteiger partial charge < -0.3 is 10.1 Å². The maximum absolute atomic E-state index is 5.99. The molecule has 0 amide bonds. The summed E-state index contributed by atoms with van der Waals surface area (Å²) >= 11 is 5.40. The SMILES string of the molecule is CNCC1OCCN(C2CC2)C1c1cc(Br)cs1. The largest absolute Gasteiger partial charge is 0.374 e. The van der Waals surface area contributed by atoms with Crippen LogP contribution in [0, 0.1) is 0 Å². The highest BCUT2D eigenvalue weighted by atomic mass is 79.9. The zero-order chi connectivity index (χ0) is 12.5. The third kappa shape index (κ3) is 2.65. The normalized spacial score (nSPS) is 29.7. The molecule has 1 aliphatic carbocycles. The van der Waals surface area contributed by atoms with Crippen LogP contribution in [-0.4, -0.2) is 43.8 Å². The summed E-state index contributed by atoms with van der Waals surface area (Å²) in [6, 6.07) is 3.47. The molecule has 0 spiro atoms. The lowest BCUT2D eigenvalue weighted by Crippen LogP contribution is -2.49. The predicted octanol–water partition coefficient (Wildman–Crippen LogP) is 2.63. The first-order valence-corrected chi connectivity index (χ1v) is 8.22. The van der Waals surface area contributed by atoms with Crippen LogP contribution in [0.15, 0.2) is 15.9 Å². The van der Waals surface area contributed by atoms with Gasteiger partial charge >= 0.3 is 0 Å². The third-order valence-electron chi connectivity index (χ3n) is 3.69. The number of halogens is 1.